The summed E-state index contributed by atoms with van der Waals surface area (Å²) in [6.45, 7) is 5.57. The van der Waals surface area contributed by atoms with E-state index in [2.05, 4.69) is 0 Å². The van der Waals surface area contributed by atoms with E-state index in [1.807, 2.05) is 32.8 Å². The Hall–Kier alpha value is -0.610. The van der Waals surface area contributed by atoms with Crippen LogP contribution < -0.4 is 5.73 Å². The van der Waals surface area contributed by atoms with Crippen LogP contribution in [0.1, 0.15) is 20.3 Å². The summed E-state index contributed by atoms with van der Waals surface area (Å²) in [6.07, 6.45) is 0.313. The highest BCUT2D eigenvalue weighted by atomic mass is 16.5. The Balaban J connectivity index is 0. The van der Waals surface area contributed by atoms with Crippen molar-refractivity contribution < 1.29 is 9.53 Å². The number of carbonyl (C=O) groups excluding carboxylic acids is 1. The second-order valence-corrected chi connectivity index (χ2v) is 2.56. The third-order valence-corrected chi connectivity index (χ3v) is 1.15. The molecule has 0 heterocycles. The van der Waals surface area contributed by atoms with Gasteiger partial charge in [-0.1, -0.05) is 13.8 Å². The van der Waals surface area contributed by atoms with E-state index in [9.17, 15) is 4.79 Å². The third kappa shape index (κ3) is 14.3. The van der Waals surface area contributed by atoms with Crippen molar-refractivity contribution in [1.29, 1.82) is 0 Å². The second kappa shape index (κ2) is 11.4. The van der Waals surface area contributed by atoms with Crippen molar-refractivity contribution in [1.82, 2.24) is 4.90 Å². The molecule has 0 bridgehead atoms. The molecular weight excluding hydrogens is 168 g/mol. The SMILES string of the molecule is CC.CN(C)CCOC(=O)CCN. The maximum absolute atomic E-state index is 10.7. The highest BCUT2D eigenvalue weighted by Crippen LogP contribution is 1.84. The third-order valence-electron chi connectivity index (χ3n) is 1.15. The van der Waals surface area contributed by atoms with Gasteiger partial charge < -0.3 is 15.4 Å². The molecule has 0 aliphatic heterocycles. The molecule has 0 spiro atoms. The van der Waals surface area contributed by atoms with Crippen molar-refractivity contribution in [3.8, 4) is 0 Å². The van der Waals surface area contributed by atoms with Crippen molar-refractivity contribution >= 4 is 5.97 Å². The Morgan fingerprint density at radius 3 is 2.31 bits per heavy atom. The summed E-state index contributed by atoms with van der Waals surface area (Å²) in [4.78, 5) is 12.7. The minimum absolute atomic E-state index is 0.214. The number of nitrogens with two attached hydrogens (primary N) is 1. The number of ether oxygens (including phenoxy) is 1. The molecule has 0 fully saturated rings. The molecule has 4 heteroatoms. The summed E-state index contributed by atoms with van der Waals surface area (Å²) in [7, 11) is 3.85. The fourth-order valence-electron chi connectivity index (χ4n) is 0.532. The zero-order valence-corrected chi connectivity index (χ0v) is 9.17. The van der Waals surface area contributed by atoms with Crippen LogP contribution in [0.3, 0.4) is 0 Å². The van der Waals surface area contributed by atoms with Crippen molar-refractivity contribution in [2.75, 3.05) is 33.8 Å². The van der Waals surface area contributed by atoms with E-state index in [1.54, 1.807) is 0 Å². The first kappa shape index (κ1) is 14.9. The van der Waals surface area contributed by atoms with Crippen LogP contribution in [-0.4, -0.2) is 44.7 Å². The summed E-state index contributed by atoms with van der Waals surface area (Å²) < 4.78 is 4.83. The van der Waals surface area contributed by atoms with Gasteiger partial charge in [-0.05, 0) is 14.1 Å². The van der Waals surface area contributed by atoms with Crippen molar-refractivity contribution in [3.05, 3.63) is 0 Å². The molecule has 0 saturated carbocycles. The van der Waals surface area contributed by atoms with Crippen LogP contribution in [0, 0.1) is 0 Å². The fraction of sp³-hybridized carbons (Fsp3) is 0.889. The van der Waals surface area contributed by atoms with Gasteiger partial charge in [0.15, 0.2) is 0 Å². The number of rotatable bonds is 5. The van der Waals surface area contributed by atoms with Gasteiger partial charge in [-0.3, -0.25) is 4.79 Å². The maximum atomic E-state index is 10.7. The standard InChI is InChI=1S/C7H16N2O2.C2H6/c1-9(2)5-6-11-7(10)3-4-8;1-2/h3-6,8H2,1-2H3;1-2H3. The molecule has 0 aromatic rings. The smallest absolute Gasteiger partial charge is 0.307 e. The second-order valence-electron chi connectivity index (χ2n) is 2.56. The Morgan fingerprint density at radius 2 is 1.92 bits per heavy atom. The lowest BCUT2D eigenvalue weighted by Gasteiger charge is -2.09. The monoisotopic (exact) mass is 190 g/mol. The van der Waals surface area contributed by atoms with Crippen molar-refractivity contribution in [2.45, 2.75) is 20.3 Å². The van der Waals surface area contributed by atoms with Crippen LogP contribution in [0.2, 0.25) is 0 Å². The van der Waals surface area contributed by atoms with E-state index in [0.29, 0.717) is 19.6 Å². The lowest BCUT2D eigenvalue weighted by atomic mass is 10.4. The molecule has 0 aromatic heterocycles. The van der Waals surface area contributed by atoms with Crippen molar-refractivity contribution in [2.24, 2.45) is 5.73 Å². The molecule has 13 heavy (non-hydrogen) atoms. The van der Waals surface area contributed by atoms with E-state index in [1.165, 1.54) is 0 Å². The molecule has 2 N–H and O–H groups in total. The van der Waals surface area contributed by atoms with Crippen LogP contribution >= 0.6 is 0 Å². The molecule has 0 aliphatic carbocycles. The van der Waals surface area contributed by atoms with Gasteiger partial charge in [-0.2, -0.15) is 0 Å². The lowest BCUT2D eigenvalue weighted by Crippen LogP contribution is -2.21. The number of carbonyl (C=O) groups is 1. The van der Waals surface area contributed by atoms with Crippen LogP contribution in [-0.2, 0) is 9.53 Å². The van der Waals surface area contributed by atoms with Crippen molar-refractivity contribution in [3.63, 3.8) is 0 Å². The first-order valence-electron chi connectivity index (χ1n) is 4.67. The average molecular weight is 190 g/mol. The zero-order valence-electron chi connectivity index (χ0n) is 9.17. The molecule has 0 amide bonds. The highest BCUT2D eigenvalue weighted by molar-refractivity contribution is 5.69. The molecule has 4 nitrogen and oxygen atoms in total. The number of hydrogen-bond acceptors (Lipinski definition) is 4. The Bertz CT molecular complexity index is 116. The molecule has 0 saturated heterocycles. The highest BCUT2D eigenvalue weighted by Gasteiger charge is 1.99. The normalized spacial score (nSPS) is 9.08. The van der Waals surface area contributed by atoms with E-state index < -0.39 is 0 Å². The molecular formula is C9H22N2O2. The molecule has 0 aliphatic rings. The zero-order chi connectivity index (χ0) is 10.7. The van der Waals surface area contributed by atoms with Gasteiger partial charge >= 0.3 is 5.97 Å². The van der Waals surface area contributed by atoms with Gasteiger partial charge in [0, 0.05) is 13.1 Å². The maximum Gasteiger partial charge on any atom is 0.307 e. The van der Waals surface area contributed by atoms with Crippen LogP contribution in [0.15, 0.2) is 0 Å². The molecule has 0 atom stereocenters. The Labute approximate surface area is 81.0 Å². The molecule has 0 radical (unpaired) electrons. The van der Waals surface area contributed by atoms with Gasteiger partial charge in [0.1, 0.15) is 6.61 Å². The largest absolute Gasteiger partial charge is 0.464 e. The first-order valence-corrected chi connectivity index (χ1v) is 4.67. The number of hydrogen-bond donors (Lipinski definition) is 1. The summed E-state index contributed by atoms with van der Waals surface area (Å²) in [6, 6.07) is 0. The average Bonchev–Trinajstić information content (AvgIpc) is 2.08. The Kier molecular flexibility index (Phi) is 13.0. The van der Waals surface area contributed by atoms with E-state index in [0.717, 1.165) is 6.54 Å². The van der Waals surface area contributed by atoms with Crippen LogP contribution in [0.25, 0.3) is 0 Å². The van der Waals surface area contributed by atoms with Gasteiger partial charge in [0.05, 0.1) is 6.42 Å². The topological polar surface area (TPSA) is 55.6 Å². The van der Waals surface area contributed by atoms with Gasteiger partial charge in [0.2, 0.25) is 0 Å². The van der Waals surface area contributed by atoms with Gasteiger partial charge in [-0.15, -0.1) is 0 Å². The van der Waals surface area contributed by atoms with E-state index in [4.69, 9.17) is 10.5 Å². The molecule has 80 valence electrons. The summed E-state index contributed by atoms with van der Waals surface area (Å²) in [5, 5.41) is 0. The predicted octanol–water partition coefficient (Wildman–Crippen LogP) is 0.466. The number of esters is 1. The summed E-state index contributed by atoms with van der Waals surface area (Å²) in [5.74, 6) is -0.214. The minimum Gasteiger partial charge on any atom is -0.464 e. The van der Waals surface area contributed by atoms with Gasteiger partial charge in [0.25, 0.3) is 0 Å². The lowest BCUT2D eigenvalue weighted by molar-refractivity contribution is -0.143. The first-order chi connectivity index (χ1) is 6.16. The summed E-state index contributed by atoms with van der Waals surface area (Å²) in [5.41, 5.74) is 5.15. The minimum atomic E-state index is -0.214. The fourth-order valence-corrected chi connectivity index (χ4v) is 0.532. The van der Waals surface area contributed by atoms with Crippen LogP contribution in [0.4, 0.5) is 0 Å². The molecule has 0 unspecified atom stereocenters. The van der Waals surface area contributed by atoms with Crippen LogP contribution in [0.5, 0.6) is 0 Å². The van der Waals surface area contributed by atoms with E-state index in [-0.39, 0.29) is 5.97 Å². The molecule has 0 rings (SSSR count). The Morgan fingerprint density at radius 1 is 1.38 bits per heavy atom. The quantitative estimate of drug-likeness (QED) is 0.640. The number of nitrogens with zero attached hydrogens (tertiary/aromatic N) is 1. The predicted molar refractivity (Wildman–Crippen MR) is 54.5 cm³/mol. The molecule has 0 aromatic carbocycles. The van der Waals surface area contributed by atoms with E-state index >= 15 is 0 Å². The number of likely N-dealkylation sites (N-methyl/N-ethyl adjacent to an activating group) is 1. The summed E-state index contributed by atoms with van der Waals surface area (Å²) >= 11 is 0. The van der Waals surface area contributed by atoms with Gasteiger partial charge in [-0.25, -0.2) is 0 Å².